The fourth-order valence-electron chi connectivity index (χ4n) is 1.54. The predicted molar refractivity (Wildman–Crippen MR) is 45.2 cm³/mol. The fourth-order valence-corrected chi connectivity index (χ4v) is 1.54. The lowest BCUT2D eigenvalue weighted by atomic mass is 10.3. The maximum absolute atomic E-state index is 11.3. The molecule has 1 aromatic rings. The van der Waals surface area contributed by atoms with Crippen LogP contribution >= 0.6 is 0 Å². The Hall–Kier alpha value is -1.32. The van der Waals surface area contributed by atoms with Gasteiger partial charge in [-0.2, -0.15) is 0 Å². The molecule has 4 nitrogen and oxygen atoms in total. The van der Waals surface area contributed by atoms with Gasteiger partial charge in [-0.1, -0.05) is 0 Å². The Morgan fingerprint density at radius 1 is 1.54 bits per heavy atom. The molecule has 1 radical (unpaired) electrons. The summed E-state index contributed by atoms with van der Waals surface area (Å²) in [6, 6.07) is 0. The summed E-state index contributed by atoms with van der Waals surface area (Å²) in [6.45, 7) is 0. The molecule has 0 aliphatic heterocycles. The number of rotatable bonds is 1. The summed E-state index contributed by atoms with van der Waals surface area (Å²) in [7, 11) is 0. The number of hydrogen-bond donors (Lipinski definition) is 0. The van der Waals surface area contributed by atoms with Gasteiger partial charge in [0.05, 0.1) is 0 Å². The topological polar surface area (TPSA) is 44.1 Å². The van der Waals surface area contributed by atoms with Gasteiger partial charge in [0.15, 0.2) is 6.33 Å². The summed E-state index contributed by atoms with van der Waals surface area (Å²) in [5.41, 5.74) is 0. The second-order valence-corrected chi connectivity index (χ2v) is 3.19. The molecule has 0 aromatic carbocycles. The van der Waals surface area contributed by atoms with Crippen molar-refractivity contribution in [2.45, 2.75) is 31.8 Å². The van der Waals surface area contributed by atoms with Crippen LogP contribution in [-0.4, -0.2) is 21.7 Å². The van der Waals surface area contributed by atoms with E-state index < -0.39 is 0 Å². The van der Waals surface area contributed by atoms with Crippen molar-refractivity contribution in [3.05, 3.63) is 18.7 Å². The number of hydrogen-bond acceptors (Lipinski definition) is 3. The first-order valence-corrected chi connectivity index (χ1v) is 4.48. The second kappa shape index (κ2) is 3.60. The van der Waals surface area contributed by atoms with Crippen molar-refractivity contribution in [2.75, 3.05) is 0 Å². The highest BCUT2D eigenvalue weighted by molar-refractivity contribution is 5.70. The molecule has 0 bridgehead atoms. The third-order valence-electron chi connectivity index (χ3n) is 2.22. The quantitative estimate of drug-likeness (QED) is 0.657. The summed E-state index contributed by atoms with van der Waals surface area (Å²) >= 11 is 0. The van der Waals surface area contributed by atoms with E-state index in [2.05, 4.69) is 11.3 Å². The predicted octanol–water partition coefficient (Wildman–Crippen LogP) is 1.61. The Kier molecular flexibility index (Phi) is 2.29. The Morgan fingerprint density at radius 2 is 2.31 bits per heavy atom. The largest absolute Gasteiger partial charge is 0.446 e. The van der Waals surface area contributed by atoms with Crippen LogP contribution < -0.4 is 0 Å². The number of carbonyl (C=O) groups excluding carboxylic acids is 1. The first-order valence-electron chi connectivity index (χ1n) is 4.48. The molecule has 1 heterocycles. The molecule has 4 heteroatoms. The van der Waals surface area contributed by atoms with E-state index >= 15 is 0 Å². The van der Waals surface area contributed by atoms with E-state index in [-0.39, 0.29) is 12.2 Å². The highest BCUT2D eigenvalue weighted by Crippen LogP contribution is 2.21. The van der Waals surface area contributed by atoms with E-state index in [0.717, 1.165) is 25.7 Å². The van der Waals surface area contributed by atoms with Gasteiger partial charge in [0.2, 0.25) is 0 Å². The minimum Gasteiger partial charge on any atom is -0.446 e. The van der Waals surface area contributed by atoms with E-state index in [9.17, 15) is 4.79 Å². The van der Waals surface area contributed by atoms with Gasteiger partial charge >= 0.3 is 6.09 Å². The van der Waals surface area contributed by atoms with Crippen LogP contribution in [0.15, 0.2) is 12.4 Å². The molecular formula is C9H11N2O2. The summed E-state index contributed by atoms with van der Waals surface area (Å²) in [5, 5.41) is 0. The van der Waals surface area contributed by atoms with Gasteiger partial charge in [-0.05, 0) is 25.7 Å². The number of imidazole rings is 1. The van der Waals surface area contributed by atoms with Crippen molar-refractivity contribution >= 4 is 6.09 Å². The van der Waals surface area contributed by atoms with Crippen molar-refractivity contribution in [3.63, 3.8) is 0 Å². The maximum atomic E-state index is 11.3. The van der Waals surface area contributed by atoms with Gasteiger partial charge < -0.3 is 4.74 Å². The van der Waals surface area contributed by atoms with E-state index in [1.54, 1.807) is 0 Å². The lowest BCUT2D eigenvalue weighted by molar-refractivity contribution is 0.102. The number of nitrogens with zero attached hydrogens (tertiary/aromatic N) is 2. The van der Waals surface area contributed by atoms with E-state index in [4.69, 9.17) is 4.74 Å². The lowest BCUT2D eigenvalue weighted by Crippen LogP contribution is -2.18. The van der Waals surface area contributed by atoms with E-state index in [0.29, 0.717) is 0 Å². The zero-order chi connectivity index (χ0) is 9.10. The standard InChI is InChI=1S/C9H11N2O2/c12-9(11-6-5-10-7-11)13-8-3-1-2-4-8/h5-6,8H,1-4H2. The van der Waals surface area contributed by atoms with Gasteiger partial charge in [0.1, 0.15) is 6.10 Å². The second-order valence-electron chi connectivity index (χ2n) is 3.19. The Balaban J connectivity index is 1.91. The van der Waals surface area contributed by atoms with Crippen molar-refractivity contribution in [1.29, 1.82) is 0 Å². The SMILES string of the molecule is O=C(OC1CCCC1)n1[c]ncc1. The third-order valence-corrected chi connectivity index (χ3v) is 2.22. The number of aromatic nitrogens is 2. The molecule has 1 aliphatic carbocycles. The molecule has 2 rings (SSSR count). The average molecular weight is 179 g/mol. The fraction of sp³-hybridized carbons (Fsp3) is 0.556. The lowest BCUT2D eigenvalue weighted by Gasteiger charge is -2.10. The molecule has 1 saturated carbocycles. The molecule has 0 amide bonds. The minimum absolute atomic E-state index is 0.100. The molecule has 69 valence electrons. The highest BCUT2D eigenvalue weighted by atomic mass is 16.6. The Labute approximate surface area is 76.5 Å². The van der Waals surface area contributed by atoms with Gasteiger partial charge in [0.25, 0.3) is 0 Å². The van der Waals surface area contributed by atoms with Crippen molar-refractivity contribution in [2.24, 2.45) is 0 Å². The first-order chi connectivity index (χ1) is 6.36. The summed E-state index contributed by atoms with van der Waals surface area (Å²) in [4.78, 5) is 15.0. The highest BCUT2D eigenvalue weighted by Gasteiger charge is 2.19. The molecule has 1 aliphatic rings. The molecule has 13 heavy (non-hydrogen) atoms. The van der Waals surface area contributed by atoms with Crippen LogP contribution in [0, 0.1) is 6.33 Å². The molecule has 0 saturated heterocycles. The molecule has 1 fully saturated rings. The third kappa shape index (κ3) is 1.88. The number of carbonyl (C=O) groups is 1. The molecule has 0 spiro atoms. The average Bonchev–Trinajstić information content (AvgIpc) is 2.74. The van der Waals surface area contributed by atoms with Crippen LogP contribution in [0.2, 0.25) is 0 Å². The Morgan fingerprint density at radius 3 is 2.92 bits per heavy atom. The van der Waals surface area contributed by atoms with Gasteiger partial charge in [-0.15, -0.1) is 0 Å². The summed E-state index contributed by atoms with van der Waals surface area (Å²) in [5.74, 6) is 0. The first kappa shape index (κ1) is 8.29. The molecule has 0 N–H and O–H groups in total. The van der Waals surface area contributed by atoms with Crippen molar-refractivity contribution < 1.29 is 9.53 Å². The minimum atomic E-state index is -0.371. The van der Waals surface area contributed by atoms with Crippen LogP contribution in [0.4, 0.5) is 4.79 Å². The van der Waals surface area contributed by atoms with Gasteiger partial charge in [-0.3, -0.25) is 0 Å². The molecular weight excluding hydrogens is 168 g/mol. The summed E-state index contributed by atoms with van der Waals surface area (Å²) < 4.78 is 6.44. The van der Waals surface area contributed by atoms with Crippen molar-refractivity contribution in [3.8, 4) is 0 Å². The number of ether oxygens (including phenoxy) is 1. The Bertz CT molecular complexity index is 276. The zero-order valence-corrected chi connectivity index (χ0v) is 7.27. The zero-order valence-electron chi connectivity index (χ0n) is 7.27. The van der Waals surface area contributed by atoms with E-state index in [1.807, 2.05) is 0 Å². The van der Waals surface area contributed by atoms with Gasteiger partial charge in [-0.25, -0.2) is 14.3 Å². The normalized spacial score (nSPS) is 17.5. The summed E-state index contributed by atoms with van der Waals surface area (Å²) in [6.07, 6.45) is 9.57. The van der Waals surface area contributed by atoms with Crippen LogP contribution in [0.5, 0.6) is 0 Å². The van der Waals surface area contributed by atoms with Crippen molar-refractivity contribution in [1.82, 2.24) is 9.55 Å². The molecule has 0 atom stereocenters. The van der Waals surface area contributed by atoms with E-state index in [1.165, 1.54) is 17.0 Å². The van der Waals surface area contributed by atoms with Gasteiger partial charge in [0, 0.05) is 12.4 Å². The monoisotopic (exact) mass is 179 g/mol. The maximum Gasteiger partial charge on any atom is 0.420 e. The smallest absolute Gasteiger partial charge is 0.420 e. The molecule has 0 unspecified atom stereocenters. The van der Waals surface area contributed by atoms with Crippen LogP contribution in [0.1, 0.15) is 25.7 Å². The van der Waals surface area contributed by atoms with Crippen LogP contribution in [-0.2, 0) is 4.74 Å². The van der Waals surface area contributed by atoms with Crippen LogP contribution in [0.25, 0.3) is 0 Å². The van der Waals surface area contributed by atoms with Crippen LogP contribution in [0.3, 0.4) is 0 Å². The molecule has 1 aromatic heterocycles.